The summed E-state index contributed by atoms with van der Waals surface area (Å²) in [5, 5.41) is 21.2. The Morgan fingerprint density at radius 2 is 2.17 bits per heavy atom. The minimum Gasteiger partial charge on any atom is -0.139 e. The van der Waals surface area contributed by atoms with E-state index in [1.165, 1.54) is 12.4 Å². The summed E-state index contributed by atoms with van der Waals surface area (Å²) in [5.41, 5.74) is 1.28. The smallest absolute Gasteiger partial charge is 0.127 e. The van der Waals surface area contributed by atoms with Gasteiger partial charge in [0.05, 0.1) is 18.0 Å². The molecule has 0 saturated heterocycles. The van der Waals surface area contributed by atoms with Crippen LogP contribution in [0, 0.1) is 6.20 Å². The van der Waals surface area contributed by atoms with Gasteiger partial charge in [-0.1, -0.05) is 0 Å². The summed E-state index contributed by atoms with van der Waals surface area (Å²) in [4.78, 5) is 0. The van der Waals surface area contributed by atoms with Crippen LogP contribution in [0.25, 0.3) is 11.3 Å². The van der Waals surface area contributed by atoms with Gasteiger partial charge in [0.2, 0.25) is 0 Å². The molecule has 0 spiro atoms. The fourth-order valence-corrected chi connectivity index (χ4v) is 0.723. The van der Waals surface area contributed by atoms with Crippen molar-refractivity contribution < 1.29 is 0 Å². The van der Waals surface area contributed by atoms with Gasteiger partial charge >= 0.3 is 0 Å². The monoisotopic (exact) mass is 159 g/mol. The molecule has 2 heterocycles. The first-order valence-electron chi connectivity index (χ1n) is 3.17. The van der Waals surface area contributed by atoms with Crippen molar-refractivity contribution in [1.29, 1.82) is 0 Å². The third-order valence-corrected chi connectivity index (χ3v) is 1.23. The average Bonchev–Trinajstić information content (AvgIpc) is 2.21. The quantitative estimate of drug-likeness (QED) is 0.559. The molecule has 2 aromatic rings. The average molecular weight is 159 g/mol. The molecule has 0 saturated carbocycles. The van der Waals surface area contributed by atoms with Crippen LogP contribution in [0.1, 0.15) is 0 Å². The Hall–Kier alpha value is -1.98. The van der Waals surface area contributed by atoms with E-state index in [-0.39, 0.29) is 0 Å². The molecule has 0 fully saturated rings. The lowest BCUT2D eigenvalue weighted by atomic mass is 10.2. The number of hydrogen-bond acceptors (Lipinski definition) is 6. The van der Waals surface area contributed by atoms with Crippen LogP contribution in [-0.2, 0) is 0 Å². The Morgan fingerprint density at radius 3 is 2.83 bits per heavy atom. The van der Waals surface area contributed by atoms with Crippen LogP contribution in [0.4, 0.5) is 0 Å². The topological polar surface area (TPSA) is 77.3 Å². The van der Waals surface area contributed by atoms with Crippen molar-refractivity contribution in [3.05, 3.63) is 24.7 Å². The number of aromatic nitrogens is 6. The van der Waals surface area contributed by atoms with Crippen LogP contribution in [0.2, 0.25) is 0 Å². The molecule has 0 unspecified atom stereocenters. The molecule has 57 valence electrons. The zero-order chi connectivity index (χ0) is 8.23. The van der Waals surface area contributed by atoms with Crippen molar-refractivity contribution in [2.24, 2.45) is 0 Å². The van der Waals surface area contributed by atoms with Crippen LogP contribution < -0.4 is 0 Å². The van der Waals surface area contributed by atoms with Gasteiger partial charge in [0, 0.05) is 0 Å². The molecule has 0 aliphatic heterocycles. The summed E-state index contributed by atoms with van der Waals surface area (Å²) < 4.78 is 0. The molecule has 0 bridgehead atoms. The fraction of sp³-hybridized carbons (Fsp3) is 0. The van der Waals surface area contributed by atoms with Crippen molar-refractivity contribution in [3.8, 4) is 11.3 Å². The van der Waals surface area contributed by atoms with Crippen molar-refractivity contribution in [3.63, 3.8) is 0 Å². The molecular formula is C6H3N6. The van der Waals surface area contributed by atoms with Crippen molar-refractivity contribution >= 4 is 0 Å². The summed E-state index contributed by atoms with van der Waals surface area (Å²) in [7, 11) is 0. The molecule has 0 amide bonds. The number of nitrogens with zero attached hydrogens (tertiary/aromatic N) is 6. The molecule has 6 heteroatoms. The maximum atomic E-state index is 3.75. The standard InChI is InChI=1S/C6H3N6/c1-2-7-12-10-6(1)5-3-8-11-9-4-5/h1-3H. The molecule has 0 aliphatic rings. The van der Waals surface area contributed by atoms with E-state index in [0.717, 1.165) is 0 Å². The third kappa shape index (κ3) is 1.22. The third-order valence-electron chi connectivity index (χ3n) is 1.23. The molecule has 0 atom stereocenters. The molecule has 0 aromatic carbocycles. The molecule has 2 aromatic heterocycles. The van der Waals surface area contributed by atoms with Crippen LogP contribution in [0.15, 0.2) is 18.5 Å². The number of hydrogen-bond donors (Lipinski definition) is 0. The van der Waals surface area contributed by atoms with Gasteiger partial charge in [0.25, 0.3) is 0 Å². The lowest BCUT2D eigenvalue weighted by molar-refractivity contribution is 0.845. The molecule has 6 nitrogen and oxygen atoms in total. The van der Waals surface area contributed by atoms with Gasteiger partial charge in [-0.15, -0.1) is 20.4 Å². The largest absolute Gasteiger partial charge is 0.139 e. The maximum absolute atomic E-state index is 3.75. The SMILES string of the molecule is [c]1nnncc1-c1ccnnn1. The Balaban J connectivity index is 2.46. The van der Waals surface area contributed by atoms with E-state index in [4.69, 9.17) is 0 Å². The highest BCUT2D eigenvalue weighted by Crippen LogP contribution is 2.09. The van der Waals surface area contributed by atoms with E-state index < -0.39 is 0 Å². The first-order chi connectivity index (χ1) is 5.97. The Labute approximate surface area is 67.7 Å². The van der Waals surface area contributed by atoms with Crippen LogP contribution in [0.3, 0.4) is 0 Å². The van der Waals surface area contributed by atoms with Gasteiger partial charge in [-0.05, 0) is 16.5 Å². The van der Waals surface area contributed by atoms with Gasteiger partial charge in [-0.2, -0.15) is 0 Å². The van der Waals surface area contributed by atoms with Gasteiger partial charge in [-0.25, -0.2) is 0 Å². The Bertz CT molecular complexity index is 309. The molecule has 0 N–H and O–H groups in total. The van der Waals surface area contributed by atoms with Gasteiger partial charge in [0.1, 0.15) is 11.9 Å². The maximum Gasteiger partial charge on any atom is 0.127 e. The second kappa shape index (κ2) is 2.95. The first kappa shape index (κ1) is 6.71. The Morgan fingerprint density at radius 1 is 1.17 bits per heavy atom. The van der Waals surface area contributed by atoms with E-state index in [0.29, 0.717) is 11.3 Å². The van der Waals surface area contributed by atoms with Crippen LogP contribution >= 0.6 is 0 Å². The van der Waals surface area contributed by atoms with Crippen molar-refractivity contribution in [1.82, 2.24) is 30.8 Å². The zero-order valence-electron chi connectivity index (χ0n) is 5.92. The predicted molar refractivity (Wildman–Crippen MR) is 37.5 cm³/mol. The van der Waals surface area contributed by atoms with Crippen molar-refractivity contribution in [2.45, 2.75) is 0 Å². The van der Waals surface area contributed by atoms with E-state index in [2.05, 4.69) is 37.0 Å². The van der Waals surface area contributed by atoms with E-state index >= 15 is 0 Å². The molecule has 0 aliphatic carbocycles. The highest BCUT2D eigenvalue weighted by molar-refractivity contribution is 5.53. The molecular weight excluding hydrogens is 156 g/mol. The van der Waals surface area contributed by atoms with Crippen LogP contribution in [0.5, 0.6) is 0 Å². The molecule has 1 radical (unpaired) electrons. The minimum atomic E-state index is 0.632. The van der Waals surface area contributed by atoms with Gasteiger partial charge in [-0.3, -0.25) is 0 Å². The fourth-order valence-electron chi connectivity index (χ4n) is 0.723. The zero-order valence-corrected chi connectivity index (χ0v) is 5.92. The predicted octanol–water partition coefficient (Wildman–Crippen LogP) is -0.476. The summed E-state index contributed by atoms with van der Waals surface area (Å²) in [6.45, 7) is 0. The van der Waals surface area contributed by atoms with E-state index in [1.807, 2.05) is 0 Å². The summed E-state index contributed by atoms with van der Waals surface area (Å²) in [6.07, 6.45) is 5.68. The molecule has 12 heavy (non-hydrogen) atoms. The minimum absolute atomic E-state index is 0.632. The number of rotatable bonds is 1. The summed E-state index contributed by atoms with van der Waals surface area (Å²) in [5.74, 6) is 0. The lowest BCUT2D eigenvalue weighted by Crippen LogP contribution is -1.92. The normalized spacial score (nSPS) is 9.67. The molecule has 2 rings (SSSR count). The Kier molecular flexibility index (Phi) is 1.65. The second-order valence-electron chi connectivity index (χ2n) is 1.97. The summed E-state index contributed by atoms with van der Waals surface area (Å²) in [6, 6.07) is 1.70. The van der Waals surface area contributed by atoms with Crippen LogP contribution in [-0.4, -0.2) is 30.8 Å². The highest BCUT2D eigenvalue weighted by Gasteiger charge is 1.98. The lowest BCUT2D eigenvalue weighted by Gasteiger charge is -1.92. The van der Waals surface area contributed by atoms with Crippen molar-refractivity contribution in [2.75, 3.05) is 0 Å². The van der Waals surface area contributed by atoms with Gasteiger partial charge < -0.3 is 0 Å². The second-order valence-corrected chi connectivity index (χ2v) is 1.97. The van der Waals surface area contributed by atoms with Gasteiger partial charge in [0.15, 0.2) is 0 Å². The van der Waals surface area contributed by atoms with E-state index in [9.17, 15) is 0 Å². The first-order valence-corrected chi connectivity index (χ1v) is 3.17. The van der Waals surface area contributed by atoms with E-state index in [1.54, 1.807) is 6.07 Å². The summed E-state index contributed by atoms with van der Waals surface area (Å²) >= 11 is 0. The highest BCUT2D eigenvalue weighted by atomic mass is 15.3.